The maximum Gasteiger partial charge on any atom is 0.341 e. The molecule has 7 heteroatoms. The molecule has 2 rings (SSSR count). The standard InChI is InChI=1S/C15H15ClFNO4/c1-3-11-13(15(21)22)14(20)8-4-10(17)9(16)5-12(8)18(11)7(2)6-19/h4-5,7,19H,3,6H2,1-2H3,(H,21,22). The van der Waals surface area contributed by atoms with Gasteiger partial charge in [-0.2, -0.15) is 0 Å². The summed E-state index contributed by atoms with van der Waals surface area (Å²) < 4.78 is 15.2. The Morgan fingerprint density at radius 2 is 2.09 bits per heavy atom. The van der Waals surface area contributed by atoms with Crippen LogP contribution in [0.5, 0.6) is 0 Å². The van der Waals surface area contributed by atoms with Gasteiger partial charge in [0.05, 0.1) is 23.2 Å². The fraction of sp³-hybridized carbons (Fsp3) is 0.333. The summed E-state index contributed by atoms with van der Waals surface area (Å²) in [6.07, 6.45) is 0.270. The normalized spacial score (nSPS) is 12.6. The molecule has 22 heavy (non-hydrogen) atoms. The molecule has 0 radical (unpaired) electrons. The Morgan fingerprint density at radius 3 is 2.59 bits per heavy atom. The molecule has 0 aliphatic heterocycles. The van der Waals surface area contributed by atoms with Gasteiger partial charge in [0.15, 0.2) is 0 Å². The zero-order valence-electron chi connectivity index (χ0n) is 12.1. The van der Waals surface area contributed by atoms with Gasteiger partial charge < -0.3 is 14.8 Å². The van der Waals surface area contributed by atoms with E-state index in [-0.39, 0.29) is 29.1 Å². The summed E-state index contributed by atoms with van der Waals surface area (Å²) in [6.45, 7) is 3.11. The van der Waals surface area contributed by atoms with E-state index in [9.17, 15) is 24.2 Å². The minimum atomic E-state index is -1.38. The van der Waals surface area contributed by atoms with Gasteiger partial charge in [-0.25, -0.2) is 9.18 Å². The van der Waals surface area contributed by atoms with Crippen LogP contribution in [-0.4, -0.2) is 27.4 Å². The summed E-state index contributed by atoms with van der Waals surface area (Å²) in [5, 5.41) is 18.5. The Hall–Kier alpha value is -1.92. The molecule has 0 bridgehead atoms. The second-order valence-electron chi connectivity index (χ2n) is 4.99. The fourth-order valence-electron chi connectivity index (χ4n) is 2.60. The average Bonchev–Trinajstić information content (AvgIpc) is 2.47. The van der Waals surface area contributed by atoms with Crippen LogP contribution in [0.1, 0.15) is 35.9 Å². The number of hydrogen-bond donors (Lipinski definition) is 2. The van der Waals surface area contributed by atoms with Crippen molar-refractivity contribution in [3.05, 3.63) is 44.5 Å². The van der Waals surface area contributed by atoms with E-state index in [1.807, 2.05) is 0 Å². The Balaban J connectivity index is 3.11. The van der Waals surface area contributed by atoms with Gasteiger partial charge in [0.1, 0.15) is 11.4 Å². The number of aliphatic hydroxyl groups is 1. The first-order chi connectivity index (χ1) is 10.3. The lowest BCUT2D eigenvalue weighted by molar-refractivity contribution is 0.0693. The van der Waals surface area contributed by atoms with Crippen LogP contribution in [0.3, 0.4) is 0 Å². The van der Waals surface area contributed by atoms with E-state index >= 15 is 0 Å². The van der Waals surface area contributed by atoms with Crippen molar-refractivity contribution in [2.45, 2.75) is 26.3 Å². The molecule has 0 spiro atoms. The van der Waals surface area contributed by atoms with E-state index in [4.69, 9.17) is 11.6 Å². The molecule has 2 aromatic rings. The zero-order valence-corrected chi connectivity index (χ0v) is 12.8. The van der Waals surface area contributed by atoms with E-state index < -0.39 is 28.8 Å². The highest BCUT2D eigenvalue weighted by molar-refractivity contribution is 6.31. The number of rotatable bonds is 4. The van der Waals surface area contributed by atoms with Crippen molar-refractivity contribution in [3.63, 3.8) is 0 Å². The third kappa shape index (κ3) is 2.48. The van der Waals surface area contributed by atoms with E-state index in [0.717, 1.165) is 6.07 Å². The van der Waals surface area contributed by atoms with Crippen molar-refractivity contribution in [2.24, 2.45) is 0 Å². The van der Waals surface area contributed by atoms with Gasteiger partial charge >= 0.3 is 5.97 Å². The Kier molecular flexibility index (Phi) is 4.53. The van der Waals surface area contributed by atoms with Crippen LogP contribution in [0.25, 0.3) is 10.9 Å². The summed E-state index contributed by atoms with van der Waals surface area (Å²) in [4.78, 5) is 23.9. The Morgan fingerprint density at radius 1 is 1.45 bits per heavy atom. The number of fused-ring (bicyclic) bond motifs is 1. The van der Waals surface area contributed by atoms with Crippen LogP contribution < -0.4 is 5.43 Å². The number of nitrogens with zero attached hydrogens (tertiary/aromatic N) is 1. The highest BCUT2D eigenvalue weighted by atomic mass is 35.5. The SMILES string of the molecule is CCc1c(C(=O)O)c(=O)c2cc(F)c(Cl)cc2n1C(C)CO. The van der Waals surface area contributed by atoms with Gasteiger partial charge in [-0.1, -0.05) is 18.5 Å². The summed E-state index contributed by atoms with van der Waals surface area (Å²) in [7, 11) is 0. The first-order valence-corrected chi connectivity index (χ1v) is 7.11. The van der Waals surface area contributed by atoms with Crippen LogP contribution in [0, 0.1) is 5.82 Å². The number of aromatic carboxylic acids is 1. The monoisotopic (exact) mass is 327 g/mol. The fourth-order valence-corrected chi connectivity index (χ4v) is 2.76. The second-order valence-corrected chi connectivity index (χ2v) is 5.40. The Bertz CT molecular complexity index is 816. The lowest BCUT2D eigenvalue weighted by Gasteiger charge is -2.23. The number of benzene rings is 1. The molecule has 0 fully saturated rings. The predicted molar refractivity (Wildman–Crippen MR) is 81.3 cm³/mol. The van der Waals surface area contributed by atoms with Crippen molar-refractivity contribution < 1.29 is 19.4 Å². The van der Waals surface area contributed by atoms with Crippen LogP contribution in [0.2, 0.25) is 5.02 Å². The molecule has 1 unspecified atom stereocenters. The van der Waals surface area contributed by atoms with Crippen LogP contribution in [0.4, 0.5) is 4.39 Å². The summed E-state index contributed by atoms with van der Waals surface area (Å²) in [5.41, 5.74) is -0.581. The number of aromatic nitrogens is 1. The largest absolute Gasteiger partial charge is 0.477 e. The van der Waals surface area contributed by atoms with Crippen LogP contribution in [0.15, 0.2) is 16.9 Å². The van der Waals surface area contributed by atoms with Gasteiger partial charge in [-0.05, 0) is 25.5 Å². The third-order valence-electron chi connectivity index (χ3n) is 3.60. The van der Waals surface area contributed by atoms with Crippen molar-refractivity contribution in [1.29, 1.82) is 0 Å². The quantitative estimate of drug-likeness (QED) is 0.904. The first-order valence-electron chi connectivity index (χ1n) is 6.73. The smallest absolute Gasteiger partial charge is 0.341 e. The highest BCUT2D eigenvalue weighted by Gasteiger charge is 2.24. The minimum absolute atomic E-state index is 0.0724. The molecule has 0 saturated heterocycles. The predicted octanol–water partition coefficient (Wildman–Crippen LogP) is 2.61. The third-order valence-corrected chi connectivity index (χ3v) is 3.89. The molecule has 5 nitrogen and oxygen atoms in total. The lowest BCUT2D eigenvalue weighted by Crippen LogP contribution is -2.26. The summed E-state index contributed by atoms with van der Waals surface area (Å²) in [6, 6.07) is 1.73. The maximum absolute atomic E-state index is 13.7. The number of carboxylic acids is 1. The average molecular weight is 328 g/mol. The maximum atomic E-state index is 13.7. The van der Waals surface area contributed by atoms with Gasteiger partial charge in [-0.15, -0.1) is 0 Å². The summed E-state index contributed by atoms with van der Waals surface area (Å²) >= 11 is 5.79. The molecule has 2 N–H and O–H groups in total. The lowest BCUT2D eigenvalue weighted by atomic mass is 10.0. The molecule has 0 saturated carbocycles. The first kappa shape index (κ1) is 16.5. The number of pyridine rings is 1. The molecule has 118 valence electrons. The van der Waals surface area contributed by atoms with Crippen molar-refractivity contribution in [2.75, 3.05) is 6.61 Å². The van der Waals surface area contributed by atoms with Crippen molar-refractivity contribution >= 4 is 28.5 Å². The van der Waals surface area contributed by atoms with E-state index in [1.165, 1.54) is 10.6 Å². The molecule has 0 aliphatic carbocycles. The number of halogens is 2. The van der Waals surface area contributed by atoms with E-state index in [1.54, 1.807) is 13.8 Å². The van der Waals surface area contributed by atoms with E-state index in [0.29, 0.717) is 5.52 Å². The minimum Gasteiger partial charge on any atom is -0.477 e. The van der Waals surface area contributed by atoms with Crippen molar-refractivity contribution in [1.82, 2.24) is 4.57 Å². The molecule has 0 amide bonds. The molecule has 1 heterocycles. The number of hydrogen-bond acceptors (Lipinski definition) is 3. The Labute approximate surface area is 130 Å². The molecular formula is C15H15ClFNO4. The van der Waals surface area contributed by atoms with Crippen LogP contribution in [-0.2, 0) is 6.42 Å². The van der Waals surface area contributed by atoms with Gasteiger partial charge in [0.25, 0.3) is 0 Å². The molecule has 1 atom stereocenters. The molecule has 1 aromatic carbocycles. The van der Waals surface area contributed by atoms with Gasteiger partial charge in [0.2, 0.25) is 5.43 Å². The highest BCUT2D eigenvalue weighted by Crippen LogP contribution is 2.26. The topological polar surface area (TPSA) is 79.5 Å². The second kappa shape index (κ2) is 6.06. The van der Waals surface area contributed by atoms with Crippen molar-refractivity contribution in [3.8, 4) is 0 Å². The van der Waals surface area contributed by atoms with Gasteiger partial charge in [0, 0.05) is 11.1 Å². The molecule has 1 aromatic heterocycles. The van der Waals surface area contributed by atoms with Crippen LogP contribution >= 0.6 is 11.6 Å². The molecular weight excluding hydrogens is 313 g/mol. The molecule has 0 aliphatic rings. The number of aliphatic hydroxyl groups excluding tert-OH is 1. The van der Waals surface area contributed by atoms with E-state index in [2.05, 4.69) is 0 Å². The number of carbonyl (C=O) groups is 1. The zero-order chi connectivity index (χ0) is 16.6. The number of carboxylic acid groups (broad SMARTS) is 1. The summed E-state index contributed by atoms with van der Waals surface area (Å²) in [5.74, 6) is -2.17. The van der Waals surface area contributed by atoms with Gasteiger partial charge in [-0.3, -0.25) is 4.79 Å².